The van der Waals surface area contributed by atoms with Crippen LogP contribution in [-0.2, 0) is 20.7 Å². The van der Waals surface area contributed by atoms with Gasteiger partial charge in [0, 0.05) is 11.8 Å². The number of nitrogens with one attached hydrogen (secondary N) is 1. The van der Waals surface area contributed by atoms with Gasteiger partial charge in [-0.3, -0.25) is 0 Å². The first-order chi connectivity index (χ1) is 16.4. The standard InChI is InChI=1S/C26H33N3O6/c1-25(2,3)34-23(30)21(28-24(31)35-26(4,5)6)15-18-11-13-20(14-12-18)32-17-33-29-22-10-8-7-9-19(22)16-27-29/h7-14,16,21H,15,17H2,1-6H3,(H,28,31)/t21-/m1/s1. The van der Waals surface area contributed by atoms with Crippen LogP contribution < -0.4 is 14.9 Å². The molecule has 0 bridgehead atoms. The molecule has 3 rings (SSSR count). The number of rotatable bonds is 8. The van der Waals surface area contributed by atoms with Crippen LogP contribution in [0.3, 0.4) is 0 Å². The number of alkyl carbamates (subject to hydrolysis) is 1. The number of esters is 1. The van der Waals surface area contributed by atoms with Crippen molar-refractivity contribution in [3.8, 4) is 5.75 Å². The van der Waals surface area contributed by atoms with Crippen LogP contribution >= 0.6 is 0 Å². The summed E-state index contributed by atoms with van der Waals surface area (Å²) in [6, 6.07) is 13.9. The van der Waals surface area contributed by atoms with Crippen LogP contribution in [-0.4, -0.2) is 46.0 Å². The second-order valence-electron chi connectivity index (χ2n) is 10.0. The van der Waals surface area contributed by atoms with Gasteiger partial charge in [0.1, 0.15) is 28.5 Å². The van der Waals surface area contributed by atoms with Crippen molar-refractivity contribution in [2.75, 3.05) is 6.79 Å². The molecule has 1 atom stereocenters. The highest BCUT2D eigenvalue weighted by Gasteiger charge is 2.29. The Morgan fingerprint density at radius 2 is 1.60 bits per heavy atom. The van der Waals surface area contributed by atoms with Crippen LogP contribution in [0.25, 0.3) is 10.9 Å². The molecule has 1 aromatic heterocycles. The summed E-state index contributed by atoms with van der Waals surface area (Å²) in [4.78, 5) is 32.0. The Morgan fingerprint density at radius 1 is 0.943 bits per heavy atom. The van der Waals surface area contributed by atoms with E-state index >= 15 is 0 Å². The topological polar surface area (TPSA) is 101 Å². The summed E-state index contributed by atoms with van der Waals surface area (Å²) in [6.07, 6.45) is 1.26. The molecule has 0 saturated heterocycles. The second-order valence-corrected chi connectivity index (χ2v) is 10.0. The van der Waals surface area contributed by atoms with Gasteiger partial charge in [-0.1, -0.05) is 35.2 Å². The van der Waals surface area contributed by atoms with E-state index in [-0.39, 0.29) is 13.2 Å². The van der Waals surface area contributed by atoms with Crippen molar-refractivity contribution in [1.82, 2.24) is 15.3 Å². The van der Waals surface area contributed by atoms with Crippen LogP contribution in [0.5, 0.6) is 5.75 Å². The first kappa shape index (κ1) is 25.9. The Kier molecular flexibility index (Phi) is 7.89. The van der Waals surface area contributed by atoms with Gasteiger partial charge in [0.15, 0.2) is 0 Å². The van der Waals surface area contributed by atoms with E-state index in [4.69, 9.17) is 19.0 Å². The lowest BCUT2D eigenvalue weighted by atomic mass is 10.1. The van der Waals surface area contributed by atoms with Crippen molar-refractivity contribution in [3.05, 3.63) is 60.3 Å². The maximum atomic E-state index is 12.7. The van der Waals surface area contributed by atoms with E-state index in [1.807, 2.05) is 36.4 Å². The quantitative estimate of drug-likeness (QED) is 0.377. The predicted molar refractivity (Wildman–Crippen MR) is 131 cm³/mol. The first-order valence-electron chi connectivity index (χ1n) is 11.4. The monoisotopic (exact) mass is 483 g/mol. The third-order valence-electron chi connectivity index (χ3n) is 4.59. The molecule has 2 aromatic carbocycles. The van der Waals surface area contributed by atoms with Gasteiger partial charge in [0.25, 0.3) is 6.79 Å². The summed E-state index contributed by atoms with van der Waals surface area (Å²) in [5, 5.41) is 7.78. The molecule has 1 amide bonds. The van der Waals surface area contributed by atoms with Crippen molar-refractivity contribution in [2.24, 2.45) is 0 Å². The molecule has 9 heteroatoms. The van der Waals surface area contributed by atoms with E-state index in [0.29, 0.717) is 5.75 Å². The second kappa shape index (κ2) is 10.7. The van der Waals surface area contributed by atoms with Crippen LogP contribution in [0.2, 0.25) is 0 Å². The molecule has 1 heterocycles. The summed E-state index contributed by atoms with van der Waals surface area (Å²) in [6.45, 7) is 10.6. The van der Waals surface area contributed by atoms with Crippen LogP contribution in [0.4, 0.5) is 4.79 Å². The van der Waals surface area contributed by atoms with Crippen LogP contribution in [0.1, 0.15) is 47.1 Å². The molecule has 1 N–H and O–H groups in total. The number of carbonyl (C=O) groups is 2. The summed E-state index contributed by atoms with van der Waals surface area (Å²) in [5.74, 6) is 0.0441. The zero-order valence-corrected chi connectivity index (χ0v) is 21.0. The number of aromatic nitrogens is 2. The first-order valence-corrected chi connectivity index (χ1v) is 11.4. The van der Waals surface area contributed by atoms with E-state index < -0.39 is 29.3 Å². The van der Waals surface area contributed by atoms with Crippen LogP contribution in [0, 0.1) is 0 Å². The number of hydrogen-bond donors (Lipinski definition) is 1. The van der Waals surface area contributed by atoms with Gasteiger partial charge >= 0.3 is 12.1 Å². The number of nitrogens with zero attached hydrogens (tertiary/aromatic N) is 2. The number of fused-ring (bicyclic) bond motifs is 1. The lowest BCUT2D eigenvalue weighted by Gasteiger charge is -2.26. The Morgan fingerprint density at radius 3 is 2.26 bits per heavy atom. The largest absolute Gasteiger partial charge is 0.458 e. The van der Waals surface area contributed by atoms with Crippen molar-refractivity contribution in [3.63, 3.8) is 0 Å². The maximum Gasteiger partial charge on any atom is 0.408 e. The van der Waals surface area contributed by atoms with E-state index in [1.54, 1.807) is 59.9 Å². The fourth-order valence-corrected chi connectivity index (χ4v) is 3.17. The van der Waals surface area contributed by atoms with Crippen molar-refractivity contribution < 1.29 is 28.6 Å². The Hall–Kier alpha value is -3.75. The van der Waals surface area contributed by atoms with Crippen LogP contribution in [0.15, 0.2) is 54.7 Å². The highest BCUT2D eigenvalue weighted by molar-refractivity contribution is 5.82. The van der Waals surface area contributed by atoms with Gasteiger partial charge in [0.2, 0.25) is 0 Å². The highest BCUT2D eigenvalue weighted by atomic mass is 16.8. The third kappa shape index (κ3) is 8.20. The number of para-hydroxylation sites is 1. The van der Waals surface area contributed by atoms with Gasteiger partial charge < -0.3 is 24.4 Å². The predicted octanol–water partition coefficient (Wildman–Crippen LogP) is 4.28. The fourth-order valence-electron chi connectivity index (χ4n) is 3.17. The van der Waals surface area contributed by atoms with Gasteiger partial charge in [-0.25, -0.2) is 9.59 Å². The highest BCUT2D eigenvalue weighted by Crippen LogP contribution is 2.17. The molecule has 0 unspecified atom stereocenters. The Balaban J connectivity index is 1.60. The van der Waals surface area contributed by atoms with Crippen molar-refractivity contribution >= 4 is 23.0 Å². The molecule has 0 aliphatic rings. The smallest absolute Gasteiger partial charge is 0.408 e. The van der Waals surface area contributed by atoms with E-state index in [0.717, 1.165) is 16.5 Å². The van der Waals surface area contributed by atoms with Gasteiger partial charge in [0.05, 0.1) is 6.20 Å². The number of carbonyl (C=O) groups excluding carboxylic acids is 2. The van der Waals surface area contributed by atoms with Gasteiger partial charge in [-0.15, -0.1) is 5.10 Å². The number of benzene rings is 2. The number of amides is 1. The SMILES string of the molecule is CC(C)(C)OC(=O)N[C@H](Cc1ccc(OCOn2ncc3ccccc32)cc1)C(=O)OC(C)(C)C. The lowest BCUT2D eigenvalue weighted by molar-refractivity contribution is -0.157. The molecule has 0 aliphatic carbocycles. The molecule has 9 nitrogen and oxygen atoms in total. The minimum absolute atomic E-state index is 0.0360. The molecule has 0 fully saturated rings. The molecular formula is C26H33N3O6. The normalized spacial score (nSPS) is 12.6. The van der Waals surface area contributed by atoms with Gasteiger partial charge in [-0.05, 0) is 65.3 Å². The summed E-state index contributed by atoms with van der Waals surface area (Å²) >= 11 is 0. The zero-order chi connectivity index (χ0) is 25.6. The molecule has 0 saturated carbocycles. The van der Waals surface area contributed by atoms with E-state index in [9.17, 15) is 9.59 Å². The average Bonchev–Trinajstić information content (AvgIpc) is 3.15. The fraction of sp³-hybridized carbons (Fsp3) is 0.423. The van der Waals surface area contributed by atoms with Crippen molar-refractivity contribution in [1.29, 1.82) is 0 Å². The molecular weight excluding hydrogens is 450 g/mol. The molecule has 0 radical (unpaired) electrons. The minimum Gasteiger partial charge on any atom is -0.458 e. The summed E-state index contributed by atoms with van der Waals surface area (Å²) in [7, 11) is 0. The molecule has 0 aliphatic heterocycles. The number of ether oxygens (including phenoxy) is 3. The van der Waals surface area contributed by atoms with Gasteiger partial charge in [-0.2, -0.15) is 0 Å². The average molecular weight is 484 g/mol. The van der Waals surface area contributed by atoms with Crippen molar-refractivity contribution in [2.45, 2.75) is 65.2 Å². The Labute approximate surface area is 205 Å². The van der Waals surface area contributed by atoms with E-state index in [2.05, 4.69) is 10.4 Å². The Bertz CT molecular complexity index is 1140. The molecule has 0 spiro atoms. The lowest BCUT2D eigenvalue weighted by Crippen LogP contribution is -2.47. The number of hydrogen-bond acceptors (Lipinski definition) is 7. The summed E-state index contributed by atoms with van der Waals surface area (Å²) < 4.78 is 16.5. The van der Waals surface area contributed by atoms with E-state index in [1.165, 1.54) is 4.85 Å². The summed E-state index contributed by atoms with van der Waals surface area (Å²) in [5.41, 5.74) is 0.273. The minimum atomic E-state index is -0.910. The molecule has 3 aromatic rings. The maximum absolute atomic E-state index is 12.7. The molecule has 188 valence electrons. The zero-order valence-electron chi connectivity index (χ0n) is 21.0. The molecule has 35 heavy (non-hydrogen) atoms. The third-order valence-corrected chi connectivity index (χ3v) is 4.59.